The van der Waals surface area contributed by atoms with Crippen molar-refractivity contribution in [2.45, 2.75) is 32.8 Å². The maximum atomic E-state index is 5.51. The van der Waals surface area contributed by atoms with E-state index in [0.29, 0.717) is 5.92 Å². The maximum absolute atomic E-state index is 5.51. The molecule has 0 spiro atoms. The van der Waals surface area contributed by atoms with E-state index in [2.05, 4.69) is 26.5 Å². The van der Waals surface area contributed by atoms with E-state index in [1.165, 1.54) is 17.4 Å². The van der Waals surface area contributed by atoms with Gasteiger partial charge >= 0.3 is 0 Å². The fourth-order valence-electron chi connectivity index (χ4n) is 1.70. The van der Waals surface area contributed by atoms with Crippen LogP contribution < -0.4 is 0 Å². The van der Waals surface area contributed by atoms with E-state index in [-0.39, 0.29) is 10.6 Å². The lowest BCUT2D eigenvalue weighted by atomic mass is 9.84. The fourth-order valence-corrected chi connectivity index (χ4v) is 1.80. The summed E-state index contributed by atoms with van der Waals surface area (Å²) in [7, 11) is 0. The molecular weight excluding hydrogens is 231 g/mol. The highest BCUT2D eigenvalue weighted by Crippen LogP contribution is 2.30. The molecule has 0 bridgehead atoms. The molecule has 0 saturated carbocycles. The first kappa shape index (κ1) is 12.7. The monoisotopic (exact) mass is 246 g/mol. The highest BCUT2D eigenvalue weighted by Gasteiger charge is 2.22. The number of hydrogen-bond acceptors (Lipinski definition) is 1. The molecule has 0 saturated heterocycles. The predicted octanol–water partition coefficient (Wildman–Crippen LogP) is 4.58. The quantitative estimate of drug-likeness (QED) is 0.524. The van der Waals surface area contributed by atoms with Crippen LogP contribution in [-0.4, -0.2) is 6.10 Å². The van der Waals surface area contributed by atoms with E-state index < -0.39 is 0 Å². The van der Waals surface area contributed by atoms with Gasteiger partial charge in [0.1, 0.15) is 16.9 Å². The highest BCUT2D eigenvalue weighted by molar-refractivity contribution is 6.55. The maximum Gasteiger partial charge on any atom is 0.141 e. The number of ether oxygens (including phenoxy) is 1. The predicted molar refractivity (Wildman–Crippen MR) is 66.0 cm³/mol. The first-order valence-corrected chi connectivity index (χ1v) is 5.75. The molecule has 0 radical (unpaired) electrons. The summed E-state index contributed by atoms with van der Waals surface area (Å²) >= 11 is 11.0. The molecule has 1 aliphatic rings. The molecule has 1 rings (SSSR count). The van der Waals surface area contributed by atoms with Crippen molar-refractivity contribution in [2.24, 2.45) is 5.92 Å². The summed E-state index contributed by atoms with van der Waals surface area (Å²) in [4.78, 5) is 0. The molecule has 0 aromatic carbocycles. The molecule has 84 valence electrons. The van der Waals surface area contributed by atoms with E-state index >= 15 is 0 Å². The molecule has 0 aromatic heterocycles. The van der Waals surface area contributed by atoms with Gasteiger partial charge in [0.2, 0.25) is 0 Å². The van der Waals surface area contributed by atoms with Crippen molar-refractivity contribution in [1.82, 2.24) is 0 Å². The lowest BCUT2D eigenvalue weighted by Crippen LogP contribution is -2.21. The van der Waals surface area contributed by atoms with Crippen molar-refractivity contribution in [1.29, 1.82) is 0 Å². The molecule has 1 aliphatic carbocycles. The summed E-state index contributed by atoms with van der Waals surface area (Å²) in [6.45, 7) is 8.10. The lowest BCUT2D eigenvalue weighted by molar-refractivity contribution is 0.146. The summed E-state index contributed by atoms with van der Waals surface area (Å²) in [6.07, 6.45) is 5.68. The zero-order valence-electron chi connectivity index (χ0n) is 9.09. The van der Waals surface area contributed by atoms with Gasteiger partial charge in [0.25, 0.3) is 0 Å². The van der Waals surface area contributed by atoms with Gasteiger partial charge in [-0.3, -0.25) is 0 Å². The van der Waals surface area contributed by atoms with Crippen LogP contribution in [0.5, 0.6) is 0 Å². The van der Waals surface area contributed by atoms with Crippen molar-refractivity contribution in [3.8, 4) is 0 Å². The molecular formula is C12H16Cl2O. The van der Waals surface area contributed by atoms with E-state index in [1.807, 2.05) is 0 Å². The van der Waals surface area contributed by atoms with Crippen LogP contribution in [0.25, 0.3) is 0 Å². The summed E-state index contributed by atoms with van der Waals surface area (Å²) in [5, 5.41) is 0. The van der Waals surface area contributed by atoms with E-state index in [4.69, 9.17) is 27.9 Å². The Morgan fingerprint density at radius 3 is 2.80 bits per heavy atom. The topological polar surface area (TPSA) is 9.23 Å². The average molecular weight is 247 g/mol. The van der Waals surface area contributed by atoms with Gasteiger partial charge in [0, 0.05) is 0 Å². The molecule has 0 aliphatic heterocycles. The van der Waals surface area contributed by atoms with Crippen molar-refractivity contribution in [3.63, 3.8) is 0 Å². The first-order valence-electron chi connectivity index (χ1n) is 4.99. The lowest BCUT2D eigenvalue weighted by Gasteiger charge is -2.28. The minimum atomic E-state index is 0.0768. The number of allylic oxidation sites excluding steroid dienone is 2. The fraction of sp³-hybridized carbons (Fsp3) is 0.500. The molecule has 2 atom stereocenters. The van der Waals surface area contributed by atoms with Gasteiger partial charge in [-0.25, -0.2) is 0 Å². The van der Waals surface area contributed by atoms with Crippen molar-refractivity contribution >= 4 is 23.2 Å². The number of halogens is 2. The highest BCUT2D eigenvalue weighted by atomic mass is 35.5. The van der Waals surface area contributed by atoms with Crippen LogP contribution in [0, 0.1) is 5.92 Å². The van der Waals surface area contributed by atoms with Crippen molar-refractivity contribution in [2.75, 3.05) is 0 Å². The van der Waals surface area contributed by atoms with E-state index in [1.54, 1.807) is 0 Å². The summed E-state index contributed by atoms with van der Waals surface area (Å²) < 4.78 is 5.65. The SMILES string of the molecule is C=C(C)[C@@H]1CC=C(C)[C@@H](OC=C(Cl)Cl)C1. The zero-order valence-corrected chi connectivity index (χ0v) is 10.6. The molecule has 0 unspecified atom stereocenters. The van der Waals surface area contributed by atoms with E-state index in [0.717, 1.165) is 12.8 Å². The largest absolute Gasteiger partial charge is 0.491 e. The van der Waals surface area contributed by atoms with Gasteiger partial charge in [-0.15, -0.1) is 0 Å². The van der Waals surface area contributed by atoms with Crippen LogP contribution in [-0.2, 0) is 4.74 Å². The third-order valence-corrected chi connectivity index (χ3v) is 2.93. The Hall–Kier alpha value is -0.400. The summed E-state index contributed by atoms with van der Waals surface area (Å²) in [6, 6.07) is 0. The van der Waals surface area contributed by atoms with Crippen LogP contribution in [0.15, 0.2) is 34.6 Å². The van der Waals surface area contributed by atoms with Crippen LogP contribution >= 0.6 is 23.2 Å². The van der Waals surface area contributed by atoms with Crippen LogP contribution in [0.4, 0.5) is 0 Å². The second kappa shape index (κ2) is 5.62. The standard InChI is InChI=1S/C12H16Cl2O/c1-8(2)10-5-4-9(3)11(6-10)15-7-12(13)14/h4,7,10-11H,1,5-6H2,2-3H3/t10-,11+/m1/s1. The van der Waals surface area contributed by atoms with Gasteiger partial charge < -0.3 is 4.74 Å². The average Bonchev–Trinajstić information content (AvgIpc) is 2.16. The molecule has 0 amide bonds. The summed E-state index contributed by atoms with van der Waals surface area (Å²) in [5.74, 6) is 0.501. The molecule has 0 aromatic rings. The van der Waals surface area contributed by atoms with Crippen LogP contribution in [0.3, 0.4) is 0 Å². The molecule has 1 nitrogen and oxygen atoms in total. The minimum Gasteiger partial charge on any atom is -0.491 e. The van der Waals surface area contributed by atoms with E-state index in [9.17, 15) is 0 Å². The third-order valence-electron chi connectivity index (χ3n) is 2.75. The smallest absolute Gasteiger partial charge is 0.141 e. The number of hydrogen-bond donors (Lipinski definition) is 0. The second-order valence-electron chi connectivity index (χ2n) is 4.00. The van der Waals surface area contributed by atoms with Crippen molar-refractivity contribution < 1.29 is 4.74 Å². The Morgan fingerprint density at radius 2 is 2.27 bits per heavy atom. The first-order chi connectivity index (χ1) is 7.00. The van der Waals surface area contributed by atoms with Gasteiger partial charge in [-0.1, -0.05) is 41.4 Å². The Morgan fingerprint density at radius 1 is 1.60 bits per heavy atom. The van der Waals surface area contributed by atoms with Crippen molar-refractivity contribution in [3.05, 3.63) is 34.6 Å². The molecule has 0 heterocycles. The van der Waals surface area contributed by atoms with Crippen LogP contribution in [0.1, 0.15) is 26.7 Å². The molecule has 0 fully saturated rings. The second-order valence-corrected chi connectivity index (χ2v) is 5.00. The minimum absolute atomic E-state index is 0.0768. The molecule has 3 heteroatoms. The zero-order chi connectivity index (χ0) is 11.4. The van der Waals surface area contributed by atoms with Gasteiger partial charge in [-0.2, -0.15) is 0 Å². The Kier molecular flexibility index (Phi) is 4.75. The van der Waals surface area contributed by atoms with Gasteiger partial charge in [-0.05, 0) is 38.2 Å². The van der Waals surface area contributed by atoms with Crippen LogP contribution in [0.2, 0.25) is 0 Å². The Labute approximate surface area is 101 Å². The Bertz CT molecular complexity index is 301. The Balaban J connectivity index is 2.64. The van der Waals surface area contributed by atoms with Gasteiger partial charge in [0.05, 0.1) is 0 Å². The molecule has 0 N–H and O–H groups in total. The number of rotatable bonds is 3. The van der Waals surface area contributed by atoms with Gasteiger partial charge in [0.15, 0.2) is 0 Å². The normalized spacial score (nSPS) is 25.5. The molecule has 15 heavy (non-hydrogen) atoms. The third kappa shape index (κ3) is 3.92. The summed E-state index contributed by atoms with van der Waals surface area (Å²) in [5.41, 5.74) is 2.44.